The summed E-state index contributed by atoms with van der Waals surface area (Å²) in [5, 5.41) is 0. The monoisotopic (exact) mass is 501 g/mol. The van der Waals surface area contributed by atoms with E-state index in [1.165, 1.54) is 44.8 Å². The van der Waals surface area contributed by atoms with Crippen LogP contribution in [0.4, 0.5) is 0 Å². The number of rotatable bonds is 16. The molecule has 0 amide bonds. The van der Waals surface area contributed by atoms with E-state index in [0.717, 1.165) is 24.0 Å². The van der Waals surface area contributed by atoms with Crippen molar-refractivity contribution in [2.24, 2.45) is 5.92 Å². The van der Waals surface area contributed by atoms with Crippen LogP contribution in [-0.4, -0.2) is 102 Å². The number of hydrogen-bond donors (Lipinski definition) is 0. The molecule has 0 spiro atoms. The number of fused-ring (bicyclic) bond motifs is 3. The van der Waals surface area contributed by atoms with Crippen molar-refractivity contribution in [1.29, 1.82) is 0 Å². The predicted octanol–water partition coefficient (Wildman–Crippen LogP) is 1.71. The van der Waals surface area contributed by atoms with Gasteiger partial charge in [0.25, 0.3) is 11.8 Å². The number of nitrogens with zero attached hydrogens (tertiary/aromatic N) is 5. The lowest BCUT2D eigenvalue weighted by Crippen LogP contribution is -2.46. The topological polar surface area (TPSA) is 110 Å². The van der Waals surface area contributed by atoms with Crippen LogP contribution in [0, 0.1) is 5.92 Å². The summed E-state index contributed by atoms with van der Waals surface area (Å²) in [6, 6.07) is 0. The van der Waals surface area contributed by atoms with Crippen molar-refractivity contribution in [2.45, 2.75) is 18.8 Å². The Kier molecular flexibility index (Phi) is 9.87. The van der Waals surface area contributed by atoms with Crippen LogP contribution < -0.4 is 14.2 Å². The normalized spacial score (nSPS) is 21.9. The van der Waals surface area contributed by atoms with Gasteiger partial charge in [-0.05, 0) is 31.8 Å². The molecule has 184 valence electrons. The summed E-state index contributed by atoms with van der Waals surface area (Å²) in [7, 11) is 1.53. The molecule has 2 bridgehead atoms. The lowest BCUT2D eigenvalue weighted by molar-refractivity contribution is 0.00439. The Hall–Kier alpha value is -1.64. The molecular formula is C20H31N5O6S2. The summed E-state index contributed by atoms with van der Waals surface area (Å²) in [6.07, 6.45) is 2.51. The molecule has 3 saturated heterocycles. The molecule has 11 nitrogen and oxygen atoms in total. The van der Waals surface area contributed by atoms with Gasteiger partial charge in [0.2, 0.25) is 5.88 Å². The molecule has 1 atom stereocenters. The molecule has 3 aliphatic heterocycles. The van der Waals surface area contributed by atoms with Crippen molar-refractivity contribution >= 4 is 23.5 Å². The number of aromatic nitrogens is 4. The summed E-state index contributed by atoms with van der Waals surface area (Å²) in [6.45, 7) is 7.26. The van der Waals surface area contributed by atoms with Crippen molar-refractivity contribution in [1.82, 2.24) is 22.4 Å². The van der Waals surface area contributed by atoms with Crippen LogP contribution in [0.1, 0.15) is 24.5 Å². The van der Waals surface area contributed by atoms with E-state index in [9.17, 15) is 0 Å². The van der Waals surface area contributed by atoms with Gasteiger partial charge in [-0.15, -0.1) is 13.1 Å². The van der Waals surface area contributed by atoms with Gasteiger partial charge in [-0.25, -0.2) is 0 Å². The number of ether oxygens (including phenoxy) is 6. The van der Waals surface area contributed by atoms with Gasteiger partial charge < -0.3 is 33.3 Å². The van der Waals surface area contributed by atoms with E-state index in [-0.39, 0.29) is 0 Å². The first kappa shape index (κ1) is 24.5. The van der Waals surface area contributed by atoms with Crippen molar-refractivity contribution < 1.29 is 28.4 Å². The molecule has 0 N–H and O–H groups in total. The molecule has 0 unspecified atom stereocenters. The summed E-state index contributed by atoms with van der Waals surface area (Å²) in [5.74, 6) is 2.64. The van der Waals surface area contributed by atoms with Gasteiger partial charge in [0.1, 0.15) is 18.9 Å². The highest BCUT2D eigenvalue weighted by atomic mass is 32.1. The van der Waals surface area contributed by atoms with Crippen LogP contribution in [0.25, 0.3) is 0 Å². The van der Waals surface area contributed by atoms with E-state index >= 15 is 0 Å². The lowest BCUT2D eigenvalue weighted by atomic mass is 9.77. The third kappa shape index (κ3) is 7.17. The summed E-state index contributed by atoms with van der Waals surface area (Å²) in [5.41, 5.74) is 1.03. The second kappa shape index (κ2) is 13.3. The van der Waals surface area contributed by atoms with Crippen LogP contribution in [0.5, 0.6) is 17.6 Å². The minimum Gasteiger partial charge on any atom is -0.477 e. The molecule has 33 heavy (non-hydrogen) atoms. The zero-order valence-electron chi connectivity index (χ0n) is 18.8. The lowest BCUT2D eigenvalue weighted by Gasteiger charge is -2.44. The van der Waals surface area contributed by atoms with E-state index in [2.05, 4.69) is 22.4 Å². The zero-order valence-corrected chi connectivity index (χ0v) is 20.5. The van der Waals surface area contributed by atoms with Crippen molar-refractivity contribution in [3.05, 3.63) is 5.69 Å². The summed E-state index contributed by atoms with van der Waals surface area (Å²) < 4.78 is 49.7. The second-order valence-electron chi connectivity index (χ2n) is 7.81. The van der Waals surface area contributed by atoms with Gasteiger partial charge in [-0.2, -0.15) is 4.37 Å². The van der Waals surface area contributed by atoms with Crippen LogP contribution in [-0.2, 0) is 14.2 Å². The highest BCUT2D eigenvalue weighted by molar-refractivity contribution is 6.99. The Labute approximate surface area is 201 Å². The average molecular weight is 502 g/mol. The minimum atomic E-state index is 0.376. The highest BCUT2D eigenvalue weighted by Gasteiger charge is 2.38. The van der Waals surface area contributed by atoms with Gasteiger partial charge in [0, 0.05) is 12.5 Å². The molecule has 0 aliphatic carbocycles. The molecule has 0 aromatic carbocycles. The molecule has 3 fully saturated rings. The fourth-order valence-electron chi connectivity index (χ4n) is 4.11. The Balaban J connectivity index is 0.973. The van der Waals surface area contributed by atoms with E-state index in [0.29, 0.717) is 82.3 Å². The first-order valence-corrected chi connectivity index (χ1v) is 12.7. The van der Waals surface area contributed by atoms with Gasteiger partial charge in [-0.3, -0.25) is 0 Å². The molecule has 3 aliphatic rings. The number of methoxy groups -OCH3 is 1. The van der Waals surface area contributed by atoms with Crippen molar-refractivity contribution in [3.8, 4) is 17.6 Å². The maximum Gasteiger partial charge on any atom is 0.291 e. The standard InChI is InChI=1S/C20H31N5O6S2/c1-26-19-20(24-33-23-19)31-13-11-29-9-7-27-6-8-28-10-12-30-18-17(21-32-22-18)16-14-25-4-2-15(16)3-5-25/h15-16H,2-14H2,1H3/t16-/m1/s1. The number of hydrogen-bond acceptors (Lipinski definition) is 13. The predicted molar refractivity (Wildman–Crippen MR) is 122 cm³/mol. The van der Waals surface area contributed by atoms with Gasteiger partial charge in [-0.1, -0.05) is 0 Å². The van der Waals surface area contributed by atoms with Crippen LogP contribution in [0.2, 0.25) is 0 Å². The summed E-state index contributed by atoms with van der Waals surface area (Å²) in [4.78, 5) is 2.52. The van der Waals surface area contributed by atoms with Crippen LogP contribution in [0.3, 0.4) is 0 Å². The molecule has 0 saturated carbocycles. The molecule has 13 heteroatoms. The minimum absolute atomic E-state index is 0.376. The third-order valence-electron chi connectivity index (χ3n) is 5.79. The number of piperidine rings is 3. The molecule has 0 radical (unpaired) electrons. The molecular weight excluding hydrogens is 470 g/mol. The zero-order chi connectivity index (χ0) is 22.7. The van der Waals surface area contributed by atoms with Gasteiger partial charge in [0.15, 0.2) is 0 Å². The molecule has 2 aromatic rings. The van der Waals surface area contributed by atoms with E-state index < -0.39 is 0 Å². The highest BCUT2D eigenvalue weighted by Crippen LogP contribution is 2.41. The summed E-state index contributed by atoms with van der Waals surface area (Å²) >= 11 is 2.28. The molecule has 5 rings (SSSR count). The van der Waals surface area contributed by atoms with Crippen molar-refractivity contribution in [3.63, 3.8) is 0 Å². The Bertz CT molecular complexity index is 816. The second-order valence-corrected chi connectivity index (χ2v) is 8.87. The first-order chi connectivity index (χ1) is 16.3. The smallest absolute Gasteiger partial charge is 0.291 e. The largest absolute Gasteiger partial charge is 0.477 e. The van der Waals surface area contributed by atoms with E-state index in [1.54, 1.807) is 0 Å². The van der Waals surface area contributed by atoms with Gasteiger partial charge >= 0.3 is 0 Å². The Morgan fingerprint density at radius 2 is 1.27 bits per heavy atom. The Morgan fingerprint density at radius 3 is 1.88 bits per heavy atom. The first-order valence-electron chi connectivity index (χ1n) is 11.3. The van der Waals surface area contributed by atoms with E-state index in [4.69, 9.17) is 28.4 Å². The Morgan fingerprint density at radius 1 is 0.727 bits per heavy atom. The quantitative estimate of drug-likeness (QED) is 0.314. The maximum atomic E-state index is 5.87. The van der Waals surface area contributed by atoms with Crippen molar-refractivity contribution in [2.75, 3.05) is 79.6 Å². The van der Waals surface area contributed by atoms with Gasteiger partial charge in [0.05, 0.1) is 70.2 Å². The van der Waals surface area contributed by atoms with Crippen LogP contribution >= 0.6 is 23.5 Å². The van der Waals surface area contributed by atoms with Crippen LogP contribution in [0.15, 0.2) is 0 Å². The third-order valence-corrected chi connectivity index (χ3v) is 6.81. The SMILES string of the molecule is COc1nsnc1OCCOCCOCCOCCOc1nsnc1[C@@H]1CN2CCC1CC2. The molecule has 5 heterocycles. The fraction of sp³-hybridized carbons (Fsp3) is 0.800. The maximum absolute atomic E-state index is 5.87. The van der Waals surface area contributed by atoms with E-state index in [1.807, 2.05) is 0 Å². The molecule has 2 aromatic heterocycles. The average Bonchev–Trinajstić information content (AvgIpc) is 3.52. The fourth-order valence-corrected chi connectivity index (χ4v) is 5.15.